The number of hydrogen-bond acceptors (Lipinski definition) is 5. The quantitative estimate of drug-likeness (QED) is 0.717. The smallest absolute Gasteiger partial charge is 0.288 e. The van der Waals surface area contributed by atoms with Crippen molar-refractivity contribution in [2.24, 2.45) is 23.2 Å². The van der Waals surface area contributed by atoms with Crippen molar-refractivity contribution < 1.29 is 4.79 Å². The Bertz CT molecular complexity index is 1040. The van der Waals surface area contributed by atoms with E-state index < -0.39 is 11.5 Å². The second kappa shape index (κ2) is 7.85. The van der Waals surface area contributed by atoms with Crippen LogP contribution in [0.15, 0.2) is 29.5 Å². The highest BCUT2D eigenvalue weighted by molar-refractivity contribution is 6.33. The van der Waals surface area contributed by atoms with Gasteiger partial charge in [0.2, 0.25) is 5.91 Å². The van der Waals surface area contributed by atoms with E-state index in [1.165, 1.54) is 25.0 Å². The summed E-state index contributed by atoms with van der Waals surface area (Å²) in [5.74, 6) is 1.40. The number of anilines is 2. The molecule has 0 unspecified atom stereocenters. The van der Waals surface area contributed by atoms with Crippen LogP contribution >= 0.6 is 23.2 Å². The molecule has 0 spiro atoms. The summed E-state index contributed by atoms with van der Waals surface area (Å²) in [6.45, 7) is 6.67. The summed E-state index contributed by atoms with van der Waals surface area (Å²) in [4.78, 5) is 28.9. The zero-order valence-electron chi connectivity index (χ0n) is 17.2. The molecule has 9 heteroatoms. The van der Waals surface area contributed by atoms with Crippen LogP contribution in [0.25, 0.3) is 0 Å². The van der Waals surface area contributed by atoms with Crippen molar-refractivity contribution in [2.45, 2.75) is 46.2 Å². The Balaban J connectivity index is 1.44. The van der Waals surface area contributed by atoms with Gasteiger partial charge in [-0.25, -0.2) is 4.68 Å². The highest BCUT2D eigenvalue weighted by Gasteiger charge is 2.56. The van der Waals surface area contributed by atoms with Crippen LogP contribution in [0.1, 0.15) is 33.6 Å². The van der Waals surface area contributed by atoms with E-state index in [0.29, 0.717) is 39.6 Å². The maximum Gasteiger partial charge on any atom is 0.288 e. The van der Waals surface area contributed by atoms with Gasteiger partial charge in [0.25, 0.3) is 5.56 Å². The van der Waals surface area contributed by atoms with Gasteiger partial charge in [0, 0.05) is 12.2 Å². The van der Waals surface area contributed by atoms with Crippen molar-refractivity contribution in [3.8, 4) is 0 Å². The van der Waals surface area contributed by atoms with Crippen molar-refractivity contribution in [3.05, 3.63) is 45.1 Å². The molecule has 0 aromatic carbocycles. The summed E-state index contributed by atoms with van der Waals surface area (Å²) in [6.07, 6.45) is 6.81. The van der Waals surface area contributed by atoms with E-state index in [1.54, 1.807) is 6.07 Å². The van der Waals surface area contributed by atoms with Gasteiger partial charge in [0.05, 0.1) is 28.8 Å². The Kier molecular flexibility index (Phi) is 5.53. The van der Waals surface area contributed by atoms with Crippen molar-refractivity contribution >= 4 is 40.5 Å². The summed E-state index contributed by atoms with van der Waals surface area (Å²) in [5, 5.41) is 10.6. The third kappa shape index (κ3) is 3.69. The van der Waals surface area contributed by atoms with Gasteiger partial charge in [0.15, 0.2) is 0 Å². The predicted molar refractivity (Wildman–Crippen MR) is 118 cm³/mol. The molecule has 5 rings (SSSR count). The van der Waals surface area contributed by atoms with E-state index in [0.717, 1.165) is 11.1 Å². The Morgan fingerprint density at radius 3 is 2.70 bits per heavy atom. The molecule has 30 heavy (non-hydrogen) atoms. The number of carbonyl (C=O) groups excluding carboxylic acids is 1. The average Bonchev–Trinajstić information content (AvgIpc) is 2.70. The Labute approximate surface area is 185 Å². The van der Waals surface area contributed by atoms with Crippen molar-refractivity contribution in [3.63, 3.8) is 0 Å². The fourth-order valence-corrected chi connectivity index (χ4v) is 5.37. The zero-order valence-corrected chi connectivity index (χ0v) is 18.7. The van der Waals surface area contributed by atoms with Crippen LogP contribution in [0.4, 0.5) is 11.4 Å². The zero-order chi connectivity index (χ0) is 21.6. The molecule has 0 aliphatic heterocycles. The fourth-order valence-electron chi connectivity index (χ4n) is 5.01. The van der Waals surface area contributed by atoms with Gasteiger partial charge in [0.1, 0.15) is 11.6 Å². The second-order valence-corrected chi connectivity index (χ2v) is 9.73. The minimum Gasteiger partial charge on any atom is -0.379 e. The number of carbonyl (C=O) groups is 1. The van der Waals surface area contributed by atoms with Crippen LogP contribution in [0.5, 0.6) is 0 Å². The van der Waals surface area contributed by atoms with E-state index in [1.807, 2.05) is 0 Å². The lowest BCUT2D eigenvalue weighted by molar-refractivity contribution is -0.117. The standard InChI is InChI=1S/C21H25Cl2N5O2/c1-11-13-6-12(21(13,2)3)7-15(11)26-17-9-25-28(20(30)19(17)23)10-18(29)27-16-8-24-5-4-14(16)22/h4-5,8-9,11-13,15,26H,6-7,10H2,1-3H3,(H,27,29)/t11-,12-,13+,15-/m1/s1. The lowest BCUT2D eigenvalue weighted by Crippen LogP contribution is -2.58. The third-order valence-electron chi connectivity index (χ3n) is 7.02. The van der Waals surface area contributed by atoms with Gasteiger partial charge in [-0.3, -0.25) is 14.6 Å². The number of nitrogens with zero attached hydrogens (tertiary/aromatic N) is 3. The molecule has 3 aliphatic rings. The third-order valence-corrected chi connectivity index (χ3v) is 7.71. The SMILES string of the molecule is C[C@H]1[C@H](Nc2cnn(CC(=O)Nc3cnccc3Cl)c(=O)c2Cl)C[C@H]2C[C@@H]1C2(C)C. The Hall–Kier alpha value is -2.12. The number of aromatic nitrogens is 3. The maximum atomic E-state index is 12.7. The lowest BCUT2D eigenvalue weighted by atomic mass is 9.45. The molecule has 7 nitrogen and oxygen atoms in total. The van der Waals surface area contributed by atoms with Crippen molar-refractivity contribution in [1.82, 2.24) is 14.8 Å². The molecule has 2 heterocycles. The number of amides is 1. The first-order chi connectivity index (χ1) is 14.2. The molecule has 3 saturated carbocycles. The number of fused-ring (bicyclic) bond motifs is 2. The Morgan fingerprint density at radius 2 is 2.03 bits per heavy atom. The van der Waals surface area contributed by atoms with E-state index in [-0.39, 0.29) is 17.6 Å². The van der Waals surface area contributed by atoms with E-state index in [4.69, 9.17) is 23.2 Å². The van der Waals surface area contributed by atoms with Gasteiger partial charge in [-0.15, -0.1) is 0 Å². The summed E-state index contributed by atoms with van der Waals surface area (Å²) >= 11 is 12.4. The predicted octanol–water partition coefficient (Wildman–Crippen LogP) is 4.07. The molecule has 0 saturated heterocycles. The first kappa shape index (κ1) is 21.1. The van der Waals surface area contributed by atoms with Crippen LogP contribution in [0.3, 0.4) is 0 Å². The largest absolute Gasteiger partial charge is 0.379 e. The second-order valence-electron chi connectivity index (χ2n) is 8.94. The number of hydrogen-bond donors (Lipinski definition) is 2. The molecule has 3 aliphatic carbocycles. The normalized spacial score (nSPS) is 26.6. The highest BCUT2D eigenvalue weighted by Crippen LogP contribution is 2.61. The van der Waals surface area contributed by atoms with Gasteiger partial charge in [-0.2, -0.15) is 5.10 Å². The molecule has 2 aromatic rings. The summed E-state index contributed by atoms with van der Waals surface area (Å²) in [5.41, 5.74) is 0.759. The van der Waals surface area contributed by atoms with Crippen LogP contribution in [-0.4, -0.2) is 26.7 Å². The minimum absolute atomic E-state index is 0.0444. The number of halogens is 2. The Morgan fingerprint density at radius 1 is 1.27 bits per heavy atom. The highest BCUT2D eigenvalue weighted by atomic mass is 35.5. The molecular weight excluding hydrogens is 425 g/mol. The number of rotatable bonds is 5. The van der Waals surface area contributed by atoms with Gasteiger partial charge in [-0.1, -0.05) is 44.0 Å². The average molecular weight is 450 g/mol. The summed E-state index contributed by atoms with van der Waals surface area (Å²) in [6, 6.07) is 1.82. The lowest BCUT2D eigenvalue weighted by Gasteiger charge is -2.62. The monoisotopic (exact) mass is 449 g/mol. The molecule has 4 atom stereocenters. The maximum absolute atomic E-state index is 12.7. The first-order valence-electron chi connectivity index (χ1n) is 10.1. The van der Waals surface area contributed by atoms with Crippen LogP contribution in [0.2, 0.25) is 10.0 Å². The van der Waals surface area contributed by atoms with Crippen molar-refractivity contribution in [2.75, 3.05) is 10.6 Å². The minimum atomic E-state index is -0.511. The molecular formula is C21H25Cl2N5O2. The van der Waals surface area contributed by atoms with Crippen LogP contribution in [-0.2, 0) is 11.3 Å². The number of nitrogens with one attached hydrogen (secondary N) is 2. The van der Waals surface area contributed by atoms with Crippen LogP contribution < -0.4 is 16.2 Å². The van der Waals surface area contributed by atoms with Gasteiger partial charge < -0.3 is 10.6 Å². The van der Waals surface area contributed by atoms with Crippen molar-refractivity contribution in [1.29, 1.82) is 0 Å². The summed E-state index contributed by atoms with van der Waals surface area (Å²) < 4.78 is 1.04. The molecule has 0 radical (unpaired) electrons. The van der Waals surface area contributed by atoms with Crippen LogP contribution in [0, 0.1) is 23.2 Å². The molecule has 2 N–H and O–H groups in total. The van der Waals surface area contributed by atoms with E-state index >= 15 is 0 Å². The number of pyridine rings is 1. The molecule has 1 amide bonds. The summed E-state index contributed by atoms with van der Waals surface area (Å²) in [7, 11) is 0. The molecule has 2 aromatic heterocycles. The van der Waals surface area contributed by atoms with E-state index in [9.17, 15) is 9.59 Å². The van der Waals surface area contributed by atoms with Gasteiger partial charge in [-0.05, 0) is 42.1 Å². The van der Waals surface area contributed by atoms with Gasteiger partial charge >= 0.3 is 0 Å². The van der Waals surface area contributed by atoms with E-state index in [2.05, 4.69) is 41.5 Å². The fraction of sp³-hybridized carbons (Fsp3) is 0.524. The first-order valence-corrected chi connectivity index (χ1v) is 10.9. The molecule has 3 fully saturated rings. The molecule has 2 bridgehead atoms. The topological polar surface area (TPSA) is 88.9 Å². The molecule has 160 valence electrons.